The zero-order valence-electron chi connectivity index (χ0n) is 29.9. The molecule has 0 amide bonds. The summed E-state index contributed by atoms with van der Waals surface area (Å²) < 4.78 is 8.88. The van der Waals surface area contributed by atoms with Crippen molar-refractivity contribution >= 4 is 85.8 Å². The molecule has 0 spiro atoms. The largest absolute Gasteiger partial charge is 0.455 e. The number of nitrogens with zero attached hydrogens (tertiary/aromatic N) is 3. The highest BCUT2D eigenvalue weighted by molar-refractivity contribution is 7.26. The van der Waals surface area contributed by atoms with E-state index in [1.165, 1.54) is 63.6 Å². The molecule has 4 nitrogen and oxygen atoms in total. The first kappa shape index (κ1) is 31.2. The van der Waals surface area contributed by atoms with Crippen LogP contribution in [0.25, 0.3) is 120 Å². The average Bonchev–Trinajstić information content (AvgIpc) is 3.85. The summed E-state index contributed by atoms with van der Waals surface area (Å²) in [7, 11) is 0. The Morgan fingerprint density at radius 3 is 1.66 bits per heavy atom. The van der Waals surface area contributed by atoms with Crippen LogP contribution in [-0.4, -0.2) is 15.0 Å². The standard InChI is InChI=1S/C51H29N3OS/c1-2-12-30(13-3-1)49-52-50(54-51(53-49)43-22-11-20-41-39-18-8-9-23-45(39)55-47(41)43)32-25-27-40-42-21-10-19-33(48(42)56-46(40)29-32)31-24-26-38-36-16-5-4-14-34(36)35-15-6-7-17-37(35)44(38)28-31/h1-29H. The van der Waals surface area contributed by atoms with Crippen LogP contribution in [0.1, 0.15) is 0 Å². The van der Waals surface area contributed by atoms with E-state index in [9.17, 15) is 0 Å². The Kier molecular flexibility index (Phi) is 6.76. The van der Waals surface area contributed by atoms with Gasteiger partial charge in [-0.15, -0.1) is 11.3 Å². The molecule has 0 radical (unpaired) electrons. The van der Waals surface area contributed by atoms with Crippen LogP contribution in [0.4, 0.5) is 0 Å². The number of aromatic nitrogens is 3. The van der Waals surface area contributed by atoms with Crippen LogP contribution >= 0.6 is 11.3 Å². The first-order valence-electron chi connectivity index (χ1n) is 18.8. The Balaban J connectivity index is 1.03. The molecule has 0 aliphatic heterocycles. The third-order valence-corrected chi connectivity index (χ3v) is 12.3. The van der Waals surface area contributed by atoms with Gasteiger partial charge >= 0.3 is 0 Å². The molecule has 56 heavy (non-hydrogen) atoms. The molecule has 0 bridgehead atoms. The summed E-state index contributed by atoms with van der Waals surface area (Å²) in [6.45, 7) is 0. The Bertz CT molecular complexity index is 3510. The van der Waals surface area contributed by atoms with Crippen LogP contribution in [0.2, 0.25) is 0 Å². The number of rotatable bonds is 4. The summed E-state index contributed by atoms with van der Waals surface area (Å²) in [5.74, 6) is 1.82. The summed E-state index contributed by atoms with van der Waals surface area (Å²) in [6, 6.07) is 62.2. The van der Waals surface area contributed by atoms with Crippen LogP contribution < -0.4 is 0 Å². The minimum Gasteiger partial charge on any atom is -0.455 e. The molecule has 0 N–H and O–H groups in total. The average molecular weight is 732 g/mol. The van der Waals surface area contributed by atoms with Crippen LogP contribution in [0.3, 0.4) is 0 Å². The van der Waals surface area contributed by atoms with Gasteiger partial charge in [0.1, 0.15) is 11.2 Å². The lowest BCUT2D eigenvalue weighted by Crippen LogP contribution is -2.00. The van der Waals surface area contributed by atoms with E-state index in [1.54, 1.807) is 0 Å². The lowest BCUT2D eigenvalue weighted by molar-refractivity contribution is 0.669. The van der Waals surface area contributed by atoms with E-state index < -0.39 is 0 Å². The second kappa shape index (κ2) is 12.2. The molecule has 3 aromatic heterocycles. The van der Waals surface area contributed by atoms with Gasteiger partial charge in [0, 0.05) is 42.1 Å². The van der Waals surface area contributed by atoms with Gasteiger partial charge in [-0.1, -0.05) is 152 Å². The van der Waals surface area contributed by atoms with Gasteiger partial charge in [0.25, 0.3) is 0 Å². The maximum absolute atomic E-state index is 6.43. The van der Waals surface area contributed by atoms with Gasteiger partial charge in [-0.25, -0.2) is 15.0 Å². The minimum atomic E-state index is 0.578. The SMILES string of the molecule is c1ccc(-c2nc(-c3ccc4c(c3)sc3c(-c5ccc6c7ccccc7c7ccccc7c6c5)cccc34)nc(-c3cccc4c3oc3ccccc34)n2)cc1. The van der Waals surface area contributed by atoms with Gasteiger partial charge in [-0.2, -0.15) is 0 Å². The van der Waals surface area contributed by atoms with Gasteiger partial charge in [0.2, 0.25) is 0 Å². The summed E-state index contributed by atoms with van der Waals surface area (Å²) in [4.78, 5) is 15.3. The highest BCUT2D eigenvalue weighted by Gasteiger charge is 2.19. The topological polar surface area (TPSA) is 51.8 Å². The molecule has 260 valence electrons. The number of para-hydroxylation sites is 2. The number of benzene rings is 9. The van der Waals surface area contributed by atoms with Crippen molar-refractivity contribution in [2.24, 2.45) is 0 Å². The highest BCUT2D eigenvalue weighted by Crippen LogP contribution is 2.44. The number of thiophene rings is 1. The molecule has 0 saturated carbocycles. The molecular weight excluding hydrogens is 703 g/mol. The summed E-state index contributed by atoms with van der Waals surface area (Å²) >= 11 is 1.82. The third kappa shape index (κ3) is 4.75. The van der Waals surface area contributed by atoms with Gasteiger partial charge < -0.3 is 4.42 Å². The van der Waals surface area contributed by atoms with E-state index >= 15 is 0 Å². The van der Waals surface area contributed by atoms with Crippen LogP contribution in [0.15, 0.2) is 180 Å². The van der Waals surface area contributed by atoms with Crippen molar-refractivity contribution in [3.63, 3.8) is 0 Å². The minimum absolute atomic E-state index is 0.578. The van der Waals surface area contributed by atoms with Gasteiger partial charge in [-0.3, -0.25) is 0 Å². The van der Waals surface area contributed by atoms with Crippen LogP contribution in [-0.2, 0) is 0 Å². The summed E-state index contributed by atoms with van der Waals surface area (Å²) in [5, 5.41) is 12.3. The third-order valence-electron chi connectivity index (χ3n) is 11.1. The second-order valence-electron chi connectivity index (χ2n) is 14.3. The smallest absolute Gasteiger partial charge is 0.167 e. The van der Waals surface area contributed by atoms with Gasteiger partial charge in [0.05, 0.1) is 5.56 Å². The Hall–Kier alpha value is -7.21. The van der Waals surface area contributed by atoms with Crippen LogP contribution in [0.5, 0.6) is 0 Å². The molecule has 12 aromatic rings. The number of furan rings is 1. The molecule has 0 aliphatic carbocycles. The quantitative estimate of drug-likeness (QED) is 0.169. The molecule has 5 heteroatoms. The fraction of sp³-hybridized carbons (Fsp3) is 0. The monoisotopic (exact) mass is 731 g/mol. The van der Waals surface area contributed by atoms with E-state index in [0.717, 1.165) is 38.6 Å². The van der Waals surface area contributed by atoms with Crippen LogP contribution in [0, 0.1) is 0 Å². The van der Waals surface area contributed by atoms with Crippen molar-refractivity contribution in [3.05, 3.63) is 176 Å². The first-order chi connectivity index (χ1) is 27.7. The maximum atomic E-state index is 6.43. The molecule has 0 aliphatic rings. The molecule has 0 fully saturated rings. The highest BCUT2D eigenvalue weighted by atomic mass is 32.1. The molecular formula is C51H29N3OS. The first-order valence-corrected chi connectivity index (χ1v) is 19.6. The van der Waals surface area contributed by atoms with E-state index in [-0.39, 0.29) is 0 Å². The van der Waals surface area contributed by atoms with Gasteiger partial charge in [-0.05, 0) is 67.7 Å². The molecule has 0 atom stereocenters. The molecule has 12 rings (SSSR count). The van der Waals surface area contributed by atoms with E-state index in [1.807, 2.05) is 72.0 Å². The molecule has 9 aromatic carbocycles. The molecule has 0 saturated heterocycles. The van der Waals surface area contributed by atoms with Gasteiger partial charge in [0.15, 0.2) is 17.5 Å². The summed E-state index contributed by atoms with van der Waals surface area (Å²) in [5.41, 5.74) is 6.76. The molecule has 3 heterocycles. The second-order valence-corrected chi connectivity index (χ2v) is 15.4. The lowest BCUT2D eigenvalue weighted by atomic mass is 9.92. The predicted molar refractivity (Wildman–Crippen MR) is 234 cm³/mol. The Morgan fingerprint density at radius 2 is 0.893 bits per heavy atom. The zero-order valence-corrected chi connectivity index (χ0v) is 30.7. The number of hydrogen-bond donors (Lipinski definition) is 0. The van der Waals surface area contributed by atoms with Crippen molar-refractivity contribution in [1.82, 2.24) is 15.0 Å². The number of hydrogen-bond acceptors (Lipinski definition) is 5. The van der Waals surface area contributed by atoms with E-state index in [2.05, 4.69) is 115 Å². The summed E-state index contributed by atoms with van der Waals surface area (Å²) in [6.07, 6.45) is 0. The Morgan fingerprint density at radius 1 is 0.339 bits per heavy atom. The maximum Gasteiger partial charge on any atom is 0.167 e. The van der Waals surface area contributed by atoms with Crippen molar-refractivity contribution in [3.8, 4) is 45.3 Å². The van der Waals surface area contributed by atoms with E-state index in [4.69, 9.17) is 19.4 Å². The van der Waals surface area contributed by atoms with E-state index in [0.29, 0.717) is 17.5 Å². The lowest BCUT2D eigenvalue weighted by Gasteiger charge is -2.12. The normalized spacial score (nSPS) is 11.9. The zero-order chi connectivity index (χ0) is 36.7. The predicted octanol–water partition coefficient (Wildman–Crippen LogP) is 14.3. The fourth-order valence-electron chi connectivity index (χ4n) is 8.50. The van der Waals surface area contributed by atoms with Crippen molar-refractivity contribution in [1.29, 1.82) is 0 Å². The number of fused-ring (bicyclic) bond motifs is 12. The molecule has 0 unspecified atom stereocenters. The van der Waals surface area contributed by atoms with Crippen molar-refractivity contribution in [2.75, 3.05) is 0 Å². The van der Waals surface area contributed by atoms with Crippen molar-refractivity contribution in [2.45, 2.75) is 0 Å². The van der Waals surface area contributed by atoms with Crippen molar-refractivity contribution < 1.29 is 4.42 Å². The Labute approximate surface area is 325 Å². The fourth-order valence-corrected chi connectivity index (χ4v) is 9.78.